The Morgan fingerprint density at radius 1 is 1.22 bits per heavy atom. The largest absolute Gasteiger partial charge is 0.478 e. The zero-order valence-corrected chi connectivity index (χ0v) is 14.2. The van der Waals surface area contributed by atoms with Crippen molar-refractivity contribution in [2.75, 3.05) is 26.7 Å². The monoisotopic (exact) mass is 338 g/mol. The number of rotatable bonds is 3. The summed E-state index contributed by atoms with van der Waals surface area (Å²) in [5, 5.41) is 9.15. The number of carboxylic acid groups (broad SMARTS) is 1. The van der Waals surface area contributed by atoms with Crippen molar-refractivity contribution in [2.45, 2.75) is 30.7 Å². The van der Waals surface area contributed by atoms with Gasteiger partial charge in [0.15, 0.2) is 0 Å². The van der Waals surface area contributed by atoms with Gasteiger partial charge in [-0.1, -0.05) is 6.07 Å². The van der Waals surface area contributed by atoms with E-state index < -0.39 is 16.0 Å². The molecule has 0 amide bonds. The van der Waals surface area contributed by atoms with Crippen molar-refractivity contribution in [3.05, 3.63) is 29.3 Å². The molecule has 1 aromatic rings. The first kappa shape index (κ1) is 16.4. The quantitative estimate of drug-likeness (QED) is 0.901. The second kappa shape index (κ2) is 5.89. The van der Waals surface area contributed by atoms with Crippen molar-refractivity contribution >= 4 is 16.0 Å². The fourth-order valence-electron chi connectivity index (χ4n) is 3.71. The van der Waals surface area contributed by atoms with Crippen molar-refractivity contribution in [3.8, 4) is 0 Å². The molecule has 1 aromatic carbocycles. The molecule has 0 saturated carbocycles. The number of nitrogens with zero attached hydrogens (tertiary/aromatic N) is 2. The predicted molar refractivity (Wildman–Crippen MR) is 86.0 cm³/mol. The van der Waals surface area contributed by atoms with Gasteiger partial charge in [0.2, 0.25) is 10.0 Å². The molecule has 2 atom stereocenters. The van der Waals surface area contributed by atoms with Gasteiger partial charge in [-0.15, -0.1) is 0 Å². The Kier molecular flexibility index (Phi) is 4.20. The van der Waals surface area contributed by atoms with Crippen LogP contribution >= 0.6 is 0 Å². The van der Waals surface area contributed by atoms with Gasteiger partial charge in [0, 0.05) is 25.7 Å². The van der Waals surface area contributed by atoms with Crippen LogP contribution < -0.4 is 0 Å². The minimum absolute atomic E-state index is 0.00581. The molecule has 23 heavy (non-hydrogen) atoms. The van der Waals surface area contributed by atoms with E-state index in [4.69, 9.17) is 5.11 Å². The highest BCUT2D eigenvalue weighted by Gasteiger charge is 2.40. The third kappa shape index (κ3) is 3.00. The molecule has 0 aromatic heterocycles. The van der Waals surface area contributed by atoms with E-state index in [9.17, 15) is 13.2 Å². The Labute approximate surface area is 136 Å². The summed E-state index contributed by atoms with van der Waals surface area (Å²) in [6.45, 7) is 3.87. The Morgan fingerprint density at radius 2 is 1.96 bits per heavy atom. The molecule has 0 radical (unpaired) electrons. The highest BCUT2D eigenvalue weighted by Crippen LogP contribution is 2.33. The highest BCUT2D eigenvalue weighted by molar-refractivity contribution is 7.89. The van der Waals surface area contributed by atoms with Gasteiger partial charge in [-0.25, -0.2) is 13.2 Å². The molecule has 3 aliphatic heterocycles. The van der Waals surface area contributed by atoms with Crippen LogP contribution in [0.25, 0.3) is 0 Å². The Morgan fingerprint density at radius 3 is 2.65 bits per heavy atom. The standard InChI is InChI=1S/C16H22N2O4S/c1-11-3-5-13(16(19)20)7-15(11)23(21,22)18-9-12-4-6-14(18)10-17(2)8-12/h3,5,7,12,14H,4,6,8-10H2,1-2H3,(H,19,20)/t12-,14+/m0/s1. The Balaban J connectivity index is 2.02. The summed E-state index contributed by atoms with van der Waals surface area (Å²) in [5.74, 6) is -0.768. The smallest absolute Gasteiger partial charge is 0.335 e. The number of hydrogen-bond acceptors (Lipinski definition) is 4. The molecule has 6 nitrogen and oxygen atoms in total. The predicted octanol–water partition coefficient (Wildman–Crippen LogP) is 1.41. The lowest BCUT2D eigenvalue weighted by atomic mass is 9.97. The Hall–Kier alpha value is -1.44. The average Bonchev–Trinajstić information content (AvgIpc) is 2.76. The number of likely N-dealkylation sites (N-methyl/N-ethyl adjacent to an activating group) is 1. The lowest BCUT2D eigenvalue weighted by Crippen LogP contribution is -2.47. The van der Waals surface area contributed by atoms with Crippen LogP contribution in [0.5, 0.6) is 0 Å². The van der Waals surface area contributed by atoms with Crippen LogP contribution in [0.2, 0.25) is 0 Å². The number of aryl methyl sites for hydroxylation is 1. The molecule has 4 rings (SSSR count). The molecule has 0 aliphatic carbocycles. The van der Waals surface area contributed by atoms with Gasteiger partial charge < -0.3 is 10.0 Å². The molecule has 1 N–H and O–H groups in total. The summed E-state index contributed by atoms with van der Waals surface area (Å²) in [4.78, 5) is 13.5. The fourth-order valence-corrected chi connectivity index (χ4v) is 5.68. The summed E-state index contributed by atoms with van der Waals surface area (Å²) < 4.78 is 27.9. The number of sulfonamides is 1. The van der Waals surface area contributed by atoms with E-state index in [2.05, 4.69) is 4.90 Å². The maximum Gasteiger partial charge on any atom is 0.335 e. The minimum Gasteiger partial charge on any atom is -0.478 e. The van der Waals surface area contributed by atoms with Gasteiger partial charge >= 0.3 is 5.97 Å². The van der Waals surface area contributed by atoms with Crippen molar-refractivity contribution in [3.63, 3.8) is 0 Å². The number of aromatic carboxylic acids is 1. The molecule has 0 unspecified atom stereocenters. The zero-order chi connectivity index (χ0) is 16.8. The number of carboxylic acids is 1. The van der Waals surface area contributed by atoms with E-state index in [1.54, 1.807) is 17.3 Å². The third-order valence-electron chi connectivity index (χ3n) is 4.87. The molecule has 7 heteroatoms. The van der Waals surface area contributed by atoms with E-state index in [-0.39, 0.29) is 16.5 Å². The third-order valence-corrected chi connectivity index (χ3v) is 6.93. The van der Waals surface area contributed by atoms with Crippen molar-refractivity contribution in [1.82, 2.24) is 9.21 Å². The number of hydrogen-bond donors (Lipinski definition) is 1. The van der Waals surface area contributed by atoms with Crippen LogP contribution in [0.3, 0.4) is 0 Å². The summed E-state index contributed by atoms with van der Waals surface area (Å²) >= 11 is 0. The number of carbonyl (C=O) groups is 1. The molecule has 3 saturated heterocycles. The van der Waals surface area contributed by atoms with Gasteiger partial charge in [-0.3, -0.25) is 0 Å². The van der Waals surface area contributed by atoms with Crippen molar-refractivity contribution < 1.29 is 18.3 Å². The minimum atomic E-state index is -3.68. The molecule has 3 aliphatic rings. The normalized spacial score (nSPS) is 26.2. The first-order valence-electron chi connectivity index (χ1n) is 7.83. The van der Waals surface area contributed by atoms with E-state index in [0.29, 0.717) is 18.0 Å². The number of benzene rings is 1. The van der Waals surface area contributed by atoms with Crippen molar-refractivity contribution in [1.29, 1.82) is 0 Å². The molecule has 3 fully saturated rings. The van der Waals surface area contributed by atoms with Gasteiger partial charge in [0.1, 0.15) is 0 Å². The van der Waals surface area contributed by atoms with E-state index in [0.717, 1.165) is 25.9 Å². The van der Waals surface area contributed by atoms with Gasteiger partial charge in [0.05, 0.1) is 10.5 Å². The van der Waals surface area contributed by atoms with Gasteiger partial charge in [-0.2, -0.15) is 4.31 Å². The van der Waals surface area contributed by atoms with E-state index in [1.165, 1.54) is 12.1 Å². The lowest BCUT2D eigenvalue weighted by molar-refractivity contribution is 0.0696. The van der Waals surface area contributed by atoms with Crippen LogP contribution in [0.15, 0.2) is 23.1 Å². The maximum absolute atomic E-state index is 13.1. The summed E-state index contributed by atoms with van der Waals surface area (Å²) in [6, 6.07) is 4.27. The Bertz CT molecular complexity index is 732. The first-order valence-corrected chi connectivity index (χ1v) is 9.27. The summed E-state index contributed by atoms with van der Waals surface area (Å²) in [7, 11) is -1.66. The van der Waals surface area contributed by atoms with Crippen LogP contribution in [0.4, 0.5) is 0 Å². The first-order chi connectivity index (χ1) is 10.8. The molecular weight excluding hydrogens is 316 g/mol. The zero-order valence-electron chi connectivity index (χ0n) is 13.4. The van der Waals surface area contributed by atoms with E-state index in [1.807, 2.05) is 7.05 Å². The fraction of sp³-hybridized carbons (Fsp3) is 0.562. The molecular formula is C16H22N2O4S. The average molecular weight is 338 g/mol. The molecule has 0 spiro atoms. The SMILES string of the molecule is Cc1ccc(C(=O)O)cc1S(=O)(=O)N1C[C@H]2CC[C@@H]1CN(C)C2. The summed E-state index contributed by atoms with van der Waals surface area (Å²) in [6.07, 6.45) is 1.92. The van der Waals surface area contributed by atoms with Crippen LogP contribution in [0, 0.1) is 12.8 Å². The molecule has 3 heterocycles. The molecule has 126 valence electrons. The van der Waals surface area contributed by atoms with Crippen LogP contribution in [0.1, 0.15) is 28.8 Å². The lowest BCUT2D eigenvalue weighted by Gasteiger charge is -2.35. The second-order valence-electron chi connectivity index (χ2n) is 6.68. The molecule has 2 bridgehead atoms. The number of fused-ring (bicyclic) bond motifs is 4. The maximum atomic E-state index is 13.1. The van der Waals surface area contributed by atoms with Crippen LogP contribution in [-0.4, -0.2) is 61.4 Å². The van der Waals surface area contributed by atoms with Gasteiger partial charge in [-0.05, 0) is 50.4 Å². The van der Waals surface area contributed by atoms with Crippen molar-refractivity contribution in [2.24, 2.45) is 5.92 Å². The number of piperidine rings is 1. The van der Waals surface area contributed by atoms with Crippen LogP contribution in [-0.2, 0) is 10.0 Å². The topological polar surface area (TPSA) is 77.9 Å². The van der Waals surface area contributed by atoms with E-state index >= 15 is 0 Å². The second-order valence-corrected chi connectivity index (χ2v) is 8.54. The highest BCUT2D eigenvalue weighted by atomic mass is 32.2. The van der Waals surface area contributed by atoms with Gasteiger partial charge in [0.25, 0.3) is 0 Å². The summed E-state index contributed by atoms with van der Waals surface area (Å²) in [5.41, 5.74) is 0.592.